The maximum atomic E-state index is 5.64. The van der Waals surface area contributed by atoms with Crippen LogP contribution in [0, 0.1) is 0 Å². The summed E-state index contributed by atoms with van der Waals surface area (Å²) in [6.07, 6.45) is 2.86. The number of aromatic nitrogens is 2. The van der Waals surface area contributed by atoms with E-state index in [1.54, 1.807) is 6.20 Å². The highest BCUT2D eigenvalue weighted by Gasteiger charge is 2.25. The van der Waals surface area contributed by atoms with Gasteiger partial charge in [0.15, 0.2) is 0 Å². The minimum atomic E-state index is 0.366. The highest BCUT2D eigenvalue weighted by molar-refractivity contribution is 5.47. The third-order valence-corrected chi connectivity index (χ3v) is 3.42. The molecular weight excluding hydrogens is 224 g/mol. The van der Waals surface area contributed by atoms with Crippen LogP contribution in [-0.4, -0.2) is 23.1 Å². The van der Waals surface area contributed by atoms with Crippen LogP contribution in [0.1, 0.15) is 18.0 Å². The second-order valence-corrected chi connectivity index (χ2v) is 4.61. The topological polar surface area (TPSA) is 55.0 Å². The van der Waals surface area contributed by atoms with E-state index in [1.807, 2.05) is 12.1 Å². The Morgan fingerprint density at radius 3 is 2.78 bits per heavy atom. The summed E-state index contributed by atoms with van der Waals surface area (Å²) in [4.78, 5) is 10.7. The van der Waals surface area contributed by atoms with Gasteiger partial charge in [0.2, 0.25) is 5.95 Å². The fraction of sp³-hybridized carbons (Fsp3) is 0.286. The average molecular weight is 240 g/mol. The van der Waals surface area contributed by atoms with Crippen molar-refractivity contribution in [2.75, 3.05) is 23.7 Å². The van der Waals surface area contributed by atoms with Crippen LogP contribution in [0.15, 0.2) is 42.6 Å². The lowest BCUT2D eigenvalue weighted by atomic mass is 10.1. The average Bonchev–Trinajstić information content (AvgIpc) is 2.89. The van der Waals surface area contributed by atoms with E-state index >= 15 is 0 Å². The molecule has 2 N–H and O–H groups in total. The summed E-state index contributed by atoms with van der Waals surface area (Å²) in [6.45, 7) is 2.07. The number of para-hydroxylation sites is 1. The summed E-state index contributed by atoms with van der Waals surface area (Å²) in [5, 5.41) is 0. The number of anilines is 2. The van der Waals surface area contributed by atoms with E-state index < -0.39 is 0 Å². The van der Waals surface area contributed by atoms with E-state index in [0.717, 1.165) is 25.2 Å². The molecule has 2 aromatic rings. The molecular formula is C14H16N4. The van der Waals surface area contributed by atoms with E-state index in [2.05, 4.69) is 39.1 Å². The summed E-state index contributed by atoms with van der Waals surface area (Å²) in [5.41, 5.74) is 7.97. The molecule has 0 bridgehead atoms. The summed E-state index contributed by atoms with van der Waals surface area (Å²) in [7, 11) is 0. The molecule has 3 rings (SSSR count). The molecule has 0 amide bonds. The van der Waals surface area contributed by atoms with E-state index in [1.165, 1.54) is 5.69 Å². The van der Waals surface area contributed by atoms with Crippen molar-refractivity contribution >= 4 is 11.6 Å². The molecule has 0 spiro atoms. The van der Waals surface area contributed by atoms with Gasteiger partial charge in [0.05, 0.1) is 5.69 Å². The number of hydrogen-bond acceptors (Lipinski definition) is 4. The van der Waals surface area contributed by atoms with Crippen molar-refractivity contribution in [3.63, 3.8) is 0 Å². The number of nitrogen functional groups attached to an aromatic ring is 1. The number of nitrogens with zero attached hydrogens (tertiary/aromatic N) is 3. The van der Waals surface area contributed by atoms with Crippen LogP contribution in [0.3, 0.4) is 0 Å². The van der Waals surface area contributed by atoms with E-state index in [-0.39, 0.29) is 0 Å². The molecule has 0 radical (unpaired) electrons. The van der Waals surface area contributed by atoms with Gasteiger partial charge < -0.3 is 10.6 Å². The smallest absolute Gasteiger partial charge is 0.220 e. The van der Waals surface area contributed by atoms with Crippen molar-refractivity contribution in [3.05, 3.63) is 48.3 Å². The lowest BCUT2D eigenvalue weighted by Gasteiger charge is -2.18. The normalized spacial score (nSPS) is 19.1. The van der Waals surface area contributed by atoms with Crippen LogP contribution in [0.25, 0.3) is 0 Å². The Morgan fingerprint density at radius 1 is 1.17 bits per heavy atom. The molecule has 0 saturated carbocycles. The number of rotatable bonds is 2. The van der Waals surface area contributed by atoms with Gasteiger partial charge in [-0.2, -0.15) is 0 Å². The zero-order valence-electron chi connectivity index (χ0n) is 10.2. The van der Waals surface area contributed by atoms with Crippen molar-refractivity contribution in [2.24, 2.45) is 0 Å². The van der Waals surface area contributed by atoms with Gasteiger partial charge in [-0.3, -0.25) is 0 Å². The maximum Gasteiger partial charge on any atom is 0.220 e. The first-order chi connectivity index (χ1) is 8.83. The van der Waals surface area contributed by atoms with Gasteiger partial charge in [0.1, 0.15) is 0 Å². The molecule has 1 fully saturated rings. The molecule has 1 aromatic heterocycles. The second-order valence-electron chi connectivity index (χ2n) is 4.61. The number of benzene rings is 1. The van der Waals surface area contributed by atoms with Gasteiger partial charge in [0, 0.05) is 30.9 Å². The first-order valence-electron chi connectivity index (χ1n) is 6.21. The van der Waals surface area contributed by atoms with Crippen LogP contribution < -0.4 is 10.6 Å². The zero-order valence-corrected chi connectivity index (χ0v) is 10.2. The van der Waals surface area contributed by atoms with Crippen molar-refractivity contribution in [1.82, 2.24) is 9.97 Å². The fourth-order valence-electron chi connectivity index (χ4n) is 2.49. The molecule has 2 heterocycles. The van der Waals surface area contributed by atoms with Crippen molar-refractivity contribution < 1.29 is 0 Å². The molecule has 1 aromatic carbocycles. The first-order valence-corrected chi connectivity index (χ1v) is 6.21. The minimum absolute atomic E-state index is 0.366. The van der Waals surface area contributed by atoms with E-state index in [4.69, 9.17) is 5.73 Å². The van der Waals surface area contributed by atoms with Crippen molar-refractivity contribution in [2.45, 2.75) is 12.3 Å². The number of hydrogen-bond donors (Lipinski definition) is 1. The molecule has 1 aliphatic heterocycles. The van der Waals surface area contributed by atoms with Gasteiger partial charge in [-0.05, 0) is 24.6 Å². The summed E-state index contributed by atoms with van der Waals surface area (Å²) in [6, 6.07) is 12.5. The van der Waals surface area contributed by atoms with Crippen LogP contribution >= 0.6 is 0 Å². The Balaban J connectivity index is 1.76. The SMILES string of the molecule is Nc1nccc(C2CCN(c3ccccc3)C2)n1. The Morgan fingerprint density at radius 2 is 2.00 bits per heavy atom. The Kier molecular flexibility index (Phi) is 2.84. The molecule has 0 aliphatic carbocycles. The summed E-state index contributed by atoms with van der Waals surface area (Å²) >= 11 is 0. The lowest BCUT2D eigenvalue weighted by Crippen LogP contribution is -2.19. The Hall–Kier alpha value is -2.10. The van der Waals surface area contributed by atoms with Crippen LogP contribution in [0.4, 0.5) is 11.6 Å². The predicted octanol–water partition coefficient (Wildman–Crippen LogP) is 2.05. The molecule has 1 saturated heterocycles. The molecule has 1 atom stereocenters. The first kappa shape index (κ1) is 11.0. The summed E-state index contributed by atoms with van der Waals surface area (Å²) in [5.74, 6) is 0.821. The van der Waals surface area contributed by atoms with Gasteiger partial charge in [-0.1, -0.05) is 18.2 Å². The Bertz CT molecular complexity index is 526. The molecule has 4 heteroatoms. The second kappa shape index (κ2) is 4.64. The molecule has 1 aliphatic rings. The standard InChI is InChI=1S/C14H16N4/c15-14-16-8-6-13(17-14)11-7-9-18(10-11)12-4-2-1-3-5-12/h1-6,8,11H,7,9-10H2,(H2,15,16,17). The molecule has 92 valence electrons. The van der Waals surface area contributed by atoms with Crippen molar-refractivity contribution in [1.29, 1.82) is 0 Å². The molecule has 18 heavy (non-hydrogen) atoms. The van der Waals surface area contributed by atoms with Crippen LogP contribution in [-0.2, 0) is 0 Å². The minimum Gasteiger partial charge on any atom is -0.371 e. The van der Waals surface area contributed by atoms with Crippen LogP contribution in [0.5, 0.6) is 0 Å². The largest absolute Gasteiger partial charge is 0.371 e. The third-order valence-electron chi connectivity index (χ3n) is 3.42. The third kappa shape index (κ3) is 2.14. The highest BCUT2D eigenvalue weighted by atomic mass is 15.2. The van der Waals surface area contributed by atoms with Crippen molar-refractivity contribution in [3.8, 4) is 0 Å². The van der Waals surface area contributed by atoms with Gasteiger partial charge >= 0.3 is 0 Å². The Labute approximate surface area is 106 Å². The molecule has 1 unspecified atom stereocenters. The highest BCUT2D eigenvalue weighted by Crippen LogP contribution is 2.29. The summed E-state index contributed by atoms with van der Waals surface area (Å²) < 4.78 is 0. The lowest BCUT2D eigenvalue weighted by molar-refractivity contribution is 0.742. The predicted molar refractivity (Wildman–Crippen MR) is 72.5 cm³/mol. The van der Waals surface area contributed by atoms with Gasteiger partial charge in [-0.15, -0.1) is 0 Å². The fourth-order valence-corrected chi connectivity index (χ4v) is 2.49. The zero-order chi connectivity index (χ0) is 12.4. The molecule has 4 nitrogen and oxygen atoms in total. The maximum absolute atomic E-state index is 5.64. The van der Waals surface area contributed by atoms with E-state index in [0.29, 0.717) is 11.9 Å². The van der Waals surface area contributed by atoms with Gasteiger partial charge in [0.25, 0.3) is 0 Å². The van der Waals surface area contributed by atoms with Crippen LogP contribution in [0.2, 0.25) is 0 Å². The monoisotopic (exact) mass is 240 g/mol. The quantitative estimate of drug-likeness (QED) is 0.873. The van der Waals surface area contributed by atoms with Gasteiger partial charge in [-0.25, -0.2) is 9.97 Å². The van der Waals surface area contributed by atoms with E-state index in [9.17, 15) is 0 Å². The number of nitrogens with two attached hydrogens (primary N) is 1.